The lowest BCUT2D eigenvalue weighted by atomic mass is 10.2. The molecule has 0 aliphatic heterocycles. The smallest absolute Gasteiger partial charge is 0.269 e. The largest absolute Gasteiger partial charge is 0.396 e. The number of benzene rings is 1. The number of hydrogen-bond acceptors (Lipinski definition) is 5. The Morgan fingerprint density at radius 3 is 2.53 bits per heavy atom. The van der Waals surface area contributed by atoms with Gasteiger partial charge in [-0.1, -0.05) is 6.92 Å². The molecule has 6 nitrogen and oxygen atoms in total. The van der Waals surface area contributed by atoms with Crippen molar-refractivity contribution in [1.82, 2.24) is 5.32 Å². The number of non-ortho nitro benzene ring substituents is 1. The molecule has 2 N–H and O–H groups in total. The minimum absolute atomic E-state index is 0.0145. The van der Waals surface area contributed by atoms with Crippen LogP contribution >= 0.6 is 0 Å². The highest BCUT2D eigenvalue weighted by molar-refractivity contribution is 7.85. The molecular formula is C12H18N2O4S. The molecule has 0 amide bonds. The van der Waals surface area contributed by atoms with E-state index in [1.165, 1.54) is 24.3 Å². The van der Waals surface area contributed by atoms with Gasteiger partial charge in [0.2, 0.25) is 0 Å². The topological polar surface area (TPSA) is 92.5 Å². The van der Waals surface area contributed by atoms with E-state index >= 15 is 0 Å². The zero-order valence-electron chi connectivity index (χ0n) is 10.7. The standard InChI is InChI=1S/C12H18N2O4S/c1-2-13-10(7-8-15)9-19(18)12-5-3-11(4-6-12)14(16)17/h3-6,10,13,15H,2,7-9H2,1H3. The monoisotopic (exact) mass is 286 g/mol. The zero-order chi connectivity index (χ0) is 14.3. The first-order valence-electron chi connectivity index (χ1n) is 6.05. The maximum Gasteiger partial charge on any atom is 0.269 e. The molecule has 0 aliphatic carbocycles. The summed E-state index contributed by atoms with van der Waals surface area (Å²) in [5.41, 5.74) is -0.0145. The average molecular weight is 286 g/mol. The predicted octanol–water partition coefficient (Wildman–Crippen LogP) is 1.06. The molecule has 106 valence electrons. The van der Waals surface area contributed by atoms with Crippen LogP contribution in [0.15, 0.2) is 29.2 Å². The molecule has 1 aromatic carbocycles. The molecule has 0 aliphatic rings. The van der Waals surface area contributed by atoms with Gasteiger partial charge in [0.15, 0.2) is 0 Å². The second-order valence-corrected chi connectivity index (χ2v) is 5.53. The Morgan fingerprint density at radius 2 is 2.05 bits per heavy atom. The fourth-order valence-electron chi connectivity index (χ4n) is 1.69. The van der Waals surface area contributed by atoms with Crippen LogP contribution in [0.1, 0.15) is 13.3 Å². The van der Waals surface area contributed by atoms with Gasteiger partial charge in [0.1, 0.15) is 0 Å². The summed E-state index contributed by atoms with van der Waals surface area (Å²) < 4.78 is 12.1. The normalized spacial score (nSPS) is 14.0. The predicted molar refractivity (Wildman–Crippen MR) is 73.5 cm³/mol. The number of nitro benzene ring substituents is 1. The molecule has 2 unspecified atom stereocenters. The number of rotatable bonds is 8. The van der Waals surface area contributed by atoms with E-state index in [0.717, 1.165) is 6.54 Å². The summed E-state index contributed by atoms with van der Waals surface area (Å²) in [6, 6.07) is 5.70. The average Bonchev–Trinajstić information content (AvgIpc) is 2.39. The third-order valence-electron chi connectivity index (χ3n) is 2.63. The van der Waals surface area contributed by atoms with E-state index in [9.17, 15) is 14.3 Å². The molecule has 1 aromatic rings. The van der Waals surface area contributed by atoms with Crippen molar-refractivity contribution in [3.05, 3.63) is 34.4 Å². The van der Waals surface area contributed by atoms with Gasteiger partial charge in [0.05, 0.1) is 15.7 Å². The summed E-state index contributed by atoms with van der Waals surface area (Å²) in [6.07, 6.45) is 0.534. The van der Waals surface area contributed by atoms with E-state index in [0.29, 0.717) is 17.1 Å². The molecule has 19 heavy (non-hydrogen) atoms. The highest BCUT2D eigenvalue weighted by Gasteiger charge is 2.14. The molecule has 7 heteroatoms. The van der Waals surface area contributed by atoms with E-state index in [-0.39, 0.29) is 18.3 Å². The molecule has 0 aromatic heterocycles. The van der Waals surface area contributed by atoms with Gasteiger partial charge < -0.3 is 10.4 Å². The van der Waals surface area contributed by atoms with Gasteiger partial charge in [-0.3, -0.25) is 14.3 Å². The van der Waals surface area contributed by atoms with Crippen LogP contribution in [-0.4, -0.2) is 39.2 Å². The van der Waals surface area contributed by atoms with Crippen molar-refractivity contribution in [3.63, 3.8) is 0 Å². The van der Waals surface area contributed by atoms with E-state index in [1.807, 2.05) is 6.92 Å². The number of aliphatic hydroxyl groups excluding tert-OH is 1. The van der Waals surface area contributed by atoms with Gasteiger partial charge in [0.25, 0.3) is 5.69 Å². The number of hydrogen-bond donors (Lipinski definition) is 2. The van der Waals surface area contributed by atoms with Crippen LogP contribution in [0, 0.1) is 10.1 Å². The summed E-state index contributed by atoms with van der Waals surface area (Å²) in [5.74, 6) is 0.381. The lowest BCUT2D eigenvalue weighted by molar-refractivity contribution is -0.384. The Hall–Kier alpha value is -1.31. The SMILES string of the molecule is CCNC(CCO)CS(=O)c1ccc([N+](=O)[O-])cc1. The Kier molecular flexibility index (Phi) is 6.61. The number of nitro groups is 1. The summed E-state index contributed by atoms with van der Waals surface area (Å²) in [7, 11) is -1.23. The van der Waals surface area contributed by atoms with Crippen molar-refractivity contribution < 1.29 is 14.2 Å². The summed E-state index contributed by atoms with van der Waals surface area (Å²) in [6.45, 7) is 2.72. The van der Waals surface area contributed by atoms with Gasteiger partial charge in [-0.15, -0.1) is 0 Å². The van der Waals surface area contributed by atoms with Crippen LogP contribution < -0.4 is 5.32 Å². The molecule has 0 saturated carbocycles. The molecule has 0 heterocycles. The molecular weight excluding hydrogens is 268 g/mol. The Morgan fingerprint density at radius 1 is 1.42 bits per heavy atom. The molecule has 0 fully saturated rings. The van der Waals surface area contributed by atoms with Gasteiger partial charge in [-0.2, -0.15) is 0 Å². The third-order valence-corrected chi connectivity index (χ3v) is 4.14. The van der Waals surface area contributed by atoms with Crippen LogP contribution in [0.3, 0.4) is 0 Å². The van der Waals surface area contributed by atoms with Crippen LogP contribution in [-0.2, 0) is 10.8 Å². The van der Waals surface area contributed by atoms with Gasteiger partial charge in [-0.25, -0.2) is 0 Å². The quantitative estimate of drug-likeness (QED) is 0.550. The van der Waals surface area contributed by atoms with Gasteiger partial charge in [-0.05, 0) is 25.1 Å². The lowest BCUT2D eigenvalue weighted by Crippen LogP contribution is -2.34. The van der Waals surface area contributed by atoms with Crippen molar-refractivity contribution in [2.45, 2.75) is 24.3 Å². The van der Waals surface area contributed by atoms with E-state index in [1.54, 1.807) is 0 Å². The van der Waals surface area contributed by atoms with Crippen LogP contribution in [0.5, 0.6) is 0 Å². The first-order valence-corrected chi connectivity index (χ1v) is 7.37. The van der Waals surface area contributed by atoms with Crippen LogP contribution in [0.2, 0.25) is 0 Å². The first kappa shape index (κ1) is 15.7. The van der Waals surface area contributed by atoms with Crippen molar-refractivity contribution in [2.75, 3.05) is 18.9 Å². The zero-order valence-corrected chi connectivity index (χ0v) is 11.6. The second kappa shape index (κ2) is 7.98. The fraction of sp³-hybridized carbons (Fsp3) is 0.500. The number of nitrogens with one attached hydrogen (secondary N) is 1. The Labute approximate surface area is 114 Å². The van der Waals surface area contributed by atoms with Crippen molar-refractivity contribution >= 4 is 16.5 Å². The lowest BCUT2D eigenvalue weighted by Gasteiger charge is -2.16. The first-order chi connectivity index (χ1) is 9.08. The highest BCUT2D eigenvalue weighted by Crippen LogP contribution is 2.15. The van der Waals surface area contributed by atoms with Crippen molar-refractivity contribution in [2.24, 2.45) is 0 Å². The molecule has 0 saturated heterocycles. The van der Waals surface area contributed by atoms with E-state index in [2.05, 4.69) is 5.32 Å². The number of nitrogens with zero attached hydrogens (tertiary/aromatic N) is 1. The van der Waals surface area contributed by atoms with Crippen molar-refractivity contribution in [1.29, 1.82) is 0 Å². The Balaban J connectivity index is 2.68. The second-order valence-electron chi connectivity index (χ2n) is 4.03. The van der Waals surface area contributed by atoms with E-state index in [4.69, 9.17) is 5.11 Å². The van der Waals surface area contributed by atoms with Gasteiger partial charge >= 0.3 is 0 Å². The number of aliphatic hydroxyl groups is 1. The molecule has 0 radical (unpaired) electrons. The minimum atomic E-state index is -1.23. The molecule has 0 spiro atoms. The summed E-state index contributed by atoms with van der Waals surface area (Å²) in [4.78, 5) is 10.6. The molecule has 0 bridgehead atoms. The molecule has 1 rings (SSSR count). The maximum absolute atomic E-state index is 12.1. The summed E-state index contributed by atoms with van der Waals surface area (Å²) in [5, 5.41) is 22.6. The summed E-state index contributed by atoms with van der Waals surface area (Å²) >= 11 is 0. The fourth-order valence-corrected chi connectivity index (χ4v) is 2.97. The molecule has 2 atom stereocenters. The van der Waals surface area contributed by atoms with E-state index < -0.39 is 15.7 Å². The Bertz CT molecular complexity index is 430. The maximum atomic E-state index is 12.1. The third kappa shape index (κ3) is 5.06. The minimum Gasteiger partial charge on any atom is -0.396 e. The van der Waals surface area contributed by atoms with Crippen LogP contribution in [0.4, 0.5) is 5.69 Å². The van der Waals surface area contributed by atoms with Crippen LogP contribution in [0.25, 0.3) is 0 Å². The van der Waals surface area contributed by atoms with Crippen molar-refractivity contribution in [3.8, 4) is 0 Å². The van der Waals surface area contributed by atoms with Gasteiger partial charge in [0, 0.05) is 35.4 Å². The highest BCUT2D eigenvalue weighted by atomic mass is 32.2.